The molecule has 3 aromatic rings. The van der Waals surface area contributed by atoms with Gasteiger partial charge in [0.1, 0.15) is 0 Å². The maximum absolute atomic E-state index is 5.97. The van der Waals surface area contributed by atoms with Gasteiger partial charge in [0, 0.05) is 36.1 Å². The minimum absolute atomic E-state index is 0.196. The van der Waals surface area contributed by atoms with Crippen molar-refractivity contribution in [1.82, 2.24) is 20.8 Å². The Hall–Kier alpha value is -2.90. The van der Waals surface area contributed by atoms with Crippen LogP contribution in [-0.2, 0) is 0 Å². The summed E-state index contributed by atoms with van der Waals surface area (Å²) in [6.07, 6.45) is 0. The highest BCUT2D eigenvalue weighted by Gasteiger charge is 2.30. The topological polar surface area (TPSA) is 66.2 Å². The molecule has 0 unspecified atom stereocenters. The molecule has 0 spiro atoms. The summed E-state index contributed by atoms with van der Waals surface area (Å²) in [5, 5.41) is 11.9. The van der Waals surface area contributed by atoms with Crippen molar-refractivity contribution in [3.8, 4) is 11.4 Å². The van der Waals surface area contributed by atoms with E-state index in [0.29, 0.717) is 21.9 Å². The van der Waals surface area contributed by atoms with E-state index in [-0.39, 0.29) is 6.04 Å². The van der Waals surface area contributed by atoms with E-state index in [1.165, 1.54) is 0 Å². The summed E-state index contributed by atoms with van der Waals surface area (Å²) in [7, 11) is 4.03. The second-order valence-corrected chi connectivity index (χ2v) is 7.83. The summed E-state index contributed by atoms with van der Waals surface area (Å²) in [6.45, 7) is 1.95. The van der Waals surface area contributed by atoms with Crippen LogP contribution in [0.3, 0.4) is 0 Å². The summed E-state index contributed by atoms with van der Waals surface area (Å²) in [6, 6.07) is 15.4. The van der Waals surface area contributed by atoms with Crippen LogP contribution in [0.15, 0.2) is 58.8 Å². The number of anilines is 1. The van der Waals surface area contributed by atoms with Crippen LogP contribution < -0.4 is 15.5 Å². The van der Waals surface area contributed by atoms with Gasteiger partial charge in [0.25, 0.3) is 5.89 Å². The molecule has 2 N–H and O–H groups in total. The number of benzene rings is 2. The van der Waals surface area contributed by atoms with Crippen molar-refractivity contribution >= 4 is 40.2 Å². The number of aromatic nitrogens is 2. The van der Waals surface area contributed by atoms with E-state index < -0.39 is 0 Å². The lowest BCUT2D eigenvalue weighted by Gasteiger charge is -2.29. The monoisotopic (exact) mass is 425 g/mol. The van der Waals surface area contributed by atoms with Crippen LogP contribution in [0.5, 0.6) is 0 Å². The molecule has 0 aliphatic carbocycles. The van der Waals surface area contributed by atoms with Gasteiger partial charge in [-0.2, -0.15) is 4.98 Å². The van der Waals surface area contributed by atoms with Gasteiger partial charge in [-0.25, -0.2) is 0 Å². The molecule has 1 aromatic heterocycles. The molecule has 2 aromatic carbocycles. The standard InChI is InChI=1S/C21H20ClN5OS/c1-12-17(20-25-19(26-28-20)14-4-8-15(22)9-5-14)18(24-21(29)23-12)13-6-10-16(11-7-13)27(2)3/h4-11,18H,1-3H3,(H2,23,24,29)/t18-/m1/s1. The Labute approximate surface area is 179 Å². The van der Waals surface area contributed by atoms with E-state index in [4.69, 9.17) is 28.3 Å². The predicted octanol–water partition coefficient (Wildman–Crippen LogP) is 4.41. The number of thiocarbonyl (C=S) groups is 1. The molecular weight excluding hydrogens is 406 g/mol. The molecule has 8 heteroatoms. The number of hydrogen-bond donors (Lipinski definition) is 2. The van der Waals surface area contributed by atoms with Crippen molar-refractivity contribution in [2.24, 2.45) is 0 Å². The molecule has 1 aliphatic heterocycles. The average molecular weight is 426 g/mol. The van der Waals surface area contributed by atoms with E-state index in [1.807, 2.05) is 33.2 Å². The molecule has 1 atom stereocenters. The van der Waals surface area contributed by atoms with Crippen LogP contribution in [0.2, 0.25) is 5.02 Å². The Balaban J connectivity index is 1.72. The van der Waals surface area contributed by atoms with Crippen LogP contribution in [0.25, 0.3) is 17.0 Å². The highest BCUT2D eigenvalue weighted by atomic mass is 35.5. The fourth-order valence-corrected chi connectivity index (χ4v) is 3.64. The van der Waals surface area contributed by atoms with Crippen molar-refractivity contribution in [3.63, 3.8) is 0 Å². The van der Waals surface area contributed by atoms with Gasteiger partial charge >= 0.3 is 0 Å². The summed E-state index contributed by atoms with van der Waals surface area (Å²) in [5.74, 6) is 0.948. The van der Waals surface area contributed by atoms with Gasteiger partial charge in [0.2, 0.25) is 5.82 Å². The lowest BCUT2D eigenvalue weighted by atomic mass is 9.95. The van der Waals surface area contributed by atoms with Gasteiger partial charge in [-0.05, 0) is 61.1 Å². The van der Waals surface area contributed by atoms with E-state index in [0.717, 1.165) is 28.1 Å². The summed E-state index contributed by atoms with van der Waals surface area (Å²) in [4.78, 5) is 6.68. The Morgan fingerprint density at radius 1 is 1.07 bits per heavy atom. The summed E-state index contributed by atoms with van der Waals surface area (Å²) >= 11 is 11.4. The van der Waals surface area contributed by atoms with E-state index >= 15 is 0 Å². The van der Waals surface area contributed by atoms with Gasteiger partial charge in [0.15, 0.2) is 5.11 Å². The molecule has 148 valence electrons. The SMILES string of the molecule is CC1=C(c2nc(-c3ccc(Cl)cc3)no2)[C@@H](c2ccc(N(C)C)cc2)NC(=S)N1. The van der Waals surface area contributed by atoms with Crippen molar-refractivity contribution in [3.05, 3.63) is 70.7 Å². The fourth-order valence-electron chi connectivity index (χ4n) is 3.24. The molecule has 4 rings (SSSR count). The molecule has 0 bridgehead atoms. The van der Waals surface area contributed by atoms with Gasteiger partial charge < -0.3 is 20.1 Å². The third-order valence-corrected chi connectivity index (χ3v) is 5.24. The minimum Gasteiger partial charge on any atom is -0.378 e. The predicted molar refractivity (Wildman–Crippen MR) is 120 cm³/mol. The third-order valence-electron chi connectivity index (χ3n) is 4.77. The normalized spacial score (nSPS) is 16.4. The lowest BCUT2D eigenvalue weighted by molar-refractivity contribution is 0.403. The smallest absolute Gasteiger partial charge is 0.258 e. The van der Waals surface area contributed by atoms with Crippen molar-refractivity contribution in [2.45, 2.75) is 13.0 Å². The highest BCUT2D eigenvalue weighted by Crippen LogP contribution is 2.35. The van der Waals surface area contributed by atoms with Crippen LogP contribution in [0.1, 0.15) is 24.4 Å². The minimum atomic E-state index is -0.196. The second kappa shape index (κ2) is 7.85. The first-order valence-corrected chi connectivity index (χ1v) is 9.86. The molecule has 6 nitrogen and oxygen atoms in total. The van der Waals surface area contributed by atoms with E-state index in [2.05, 4.69) is 49.9 Å². The lowest BCUT2D eigenvalue weighted by Crippen LogP contribution is -2.42. The number of nitrogens with one attached hydrogen (secondary N) is 2. The van der Waals surface area contributed by atoms with Crippen LogP contribution >= 0.6 is 23.8 Å². The van der Waals surface area contributed by atoms with Gasteiger partial charge in [-0.1, -0.05) is 28.9 Å². The maximum Gasteiger partial charge on any atom is 0.258 e. The number of allylic oxidation sites excluding steroid dienone is 1. The molecule has 0 fully saturated rings. The summed E-state index contributed by atoms with van der Waals surface area (Å²) < 4.78 is 5.62. The Kier molecular flexibility index (Phi) is 5.25. The second-order valence-electron chi connectivity index (χ2n) is 6.99. The number of rotatable bonds is 4. The van der Waals surface area contributed by atoms with Crippen LogP contribution in [0, 0.1) is 0 Å². The molecule has 0 amide bonds. The largest absolute Gasteiger partial charge is 0.378 e. The quantitative estimate of drug-likeness (QED) is 0.600. The first-order valence-electron chi connectivity index (χ1n) is 9.08. The molecule has 0 radical (unpaired) electrons. The Morgan fingerprint density at radius 2 is 1.76 bits per heavy atom. The Morgan fingerprint density at radius 3 is 2.41 bits per heavy atom. The fraction of sp³-hybridized carbons (Fsp3) is 0.190. The number of halogens is 1. The van der Waals surface area contributed by atoms with Crippen molar-refractivity contribution < 1.29 is 4.52 Å². The zero-order valence-corrected chi connectivity index (χ0v) is 17.8. The van der Waals surface area contributed by atoms with E-state index in [9.17, 15) is 0 Å². The highest BCUT2D eigenvalue weighted by molar-refractivity contribution is 7.80. The molecule has 29 heavy (non-hydrogen) atoms. The zero-order chi connectivity index (χ0) is 20.5. The molecule has 1 aliphatic rings. The molecule has 0 saturated heterocycles. The van der Waals surface area contributed by atoms with Gasteiger partial charge in [-0.3, -0.25) is 0 Å². The van der Waals surface area contributed by atoms with Crippen LogP contribution in [-0.4, -0.2) is 29.3 Å². The van der Waals surface area contributed by atoms with Crippen LogP contribution in [0.4, 0.5) is 5.69 Å². The number of hydrogen-bond acceptors (Lipinski definition) is 5. The van der Waals surface area contributed by atoms with Crippen molar-refractivity contribution in [2.75, 3.05) is 19.0 Å². The van der Waals surface area contributed by atoms with Gasteiger partial charge in [-0.15, -0.1) is 0 Å². The summed E-state index contributed by atoms with van der Waals surface area (Å²) in [5.41, 5.74) is 4.75. The molecular formula is C21H20ClN5OS. The van der Waals surface area contributed by atoms with Crippen molar-refractivity contribution in [1.29, 1.82) is 0 Å². The first kappa shape index (κ1) is 19.4. The first-order chi connectivity index (χ1) is 13.9. The average Bonchev–Trinajstić information content (AvgIpc) is 3.17. The van der Waals surface area contributed by atoms with E-state index in [1.54, 1.807) is 12.1 Å². The number of nitrogens with zero attached hydrogens (tertiary/aromatic N) is 3. The molecule has 2 heterocycles. The maximum atomic E-state index is 5.97. The third kappa shape index (κ3) is 3.97. The zero-order valence-electron chi connectivity index (χ0n) is 16.2. The Bertz CT molecular complexity index is 1070. The molecule has 0 saturated carbocycles. The van der Waals surface area contributed by atoms with Gasteiger partial charge in [0.05, 0.1) is 11.6 Å².